The first-order valence-corrected chi connectivity index (χ1v) is 4.53. The molecule has 0 amide bonds. The van der Waals surface area contributed by atoms with Crippen LogP contribution in [0, 0.1) is 5.82 Å². The monoisotopic (exact) mass is 280 g/mol. The van der Waals surface area contributed by atoms with Crippen LogP contribution in [-0.2, 0) is 4.79 Å². The van der Waals surface area contributed by atoms with Gasteiger partial charge in [0.15, 0.2) is 5.82 Å². The Morgan fingerprint density at radius 1 is 1.43 bits per heavy atom. The molecule has 3 nitrogen and oxygen atoms in total. The van der Waals surface area contributed by atoms with Crippen molar-refractivity contribution < 1.29 is 19.1 Å². The molecule has 0 aliphatic carbocycles. The van der Waals surface area contributed by atoms with Crippen molar-refractivity contribution in [2.75, 3.05) is 0 Å². The zero-order valence-electron chi connectivity index (χ0n) is 6.55. The fraction of sp³-hybridized carbons (Fsp3) is 0. The van der Waals surface area contributed by atoms with Gasteiger partial charge < -0.3 is 5.11 Å². The van der Waals surface area contributed by atoms with E-state index in [0.29, 0.717) is 0 Å². The third-order valence-electron chi connectivity index (χ3n) is 1.47. The van der Waals surface area contributed by atoms with Gasteiger partial charge in [-0.2, -0.15) is 0 Å². The molecule has 0 aliphatic heterocycles. The van der Waals surface area contributed by atoms with Crippen molar-refractivity contribution in [3.63, 3.8) is 0 Å². The first-order chi connectivity index (χ1) is 6.45. The number of carbonyl (C=O) groups excluding carboxylic acids is 1. The second kappa shape index (κ2) is 4.06. The summed E-state index contributed by atoms with van der Waals surface area (Å²) in [6.45, 7) is 0. The number of rotatable bonds is 2. The molecule has 0 aliphatic rings. The van der Waals surface area contributed by atoms with Crippen LogP contribution in [0.4, 0.5) is 4.39 Å². The number of hydrogen-bond acceptors (Lipinski definition) is 2. The average molecular weight is 281 g/mol. The van der Waals surface area contributed by atoms with Gasteiger partial charge in [-0.25, -0.2) is 9.18 Å². The number of hydrogen-bond donors (Lipinski definition) is 1. The summed E-state index contributed by atoms with van der Waals surface area (Å²) in [6, 6.07) is 2.36. The van der Waals surface area contributed by atoms with Gasteiger partial charge >= 0.3 is 5.97 Å². The van der Waals surface area contributed by atoms with E-state index in [2.05, 4.69) is 15.9 Å². The third kappa shape index (κ3) is 1.93. The first kappa shape index (κ1) is 11.1. The summed E-state index contributed by atoms with van der Waals surface area (Å²) in [4.78, 5) is 21.3. The van der Waals surface area contributed by atoms with Gasteiger partial charge in [0.25, 0.3) is 5.78 Å². The number of carboxylic acid groups (broad SMARTS) is 1. The van der Waals surface area contributed by atoms with Crippen molar-refractivity contribution in [3.05, 3.63) is 33.0 Å². The molecule has 0 radical (unpaired) electrons. The predicted octanol–water partition coefficient (Wildman–Crippen LogP) is 2.51. The maximum Gasteiger partial charge on any atom is 0.377 e. The maximum absolute atomic E-state index is 13.1. The van der Waals surface area contributed by atoms with Gasteiger partial charge in [-0.3, -0.25) is 4.79 Å². The lowest BCUT2D eigenvalue weighted by Gasteiger charge is -2.02. The lowest BCUT2D eigenvalue weighted by Crippen LogP contribution is -2.13. The normalized spacial score (nSPS) is 9.93. The summed E-state index contributed by atoms with van der Waals surface area (Å²) in [7, 11) is 0. The molecule has 1 rings (SSSR count). The van der Waals surface area contributed by atoms with Crippen molar-refractivity contribution in [2.24, 2.45) is 0 Å². The second-order valence-electron chi connectivity index (χ2n) is 2.36. The average Bonchev–Trinajstić information content (AvgIpc) is 2.13. The highest BCUT2D eigenvalue weighted by atomic mass is 79.9. The van der Waals surface area contributed by atoms with Gasteiger partial charge in [-0.1, -0.05) is 11.6 Å². The minimum absolute atomic E-state index is 0.0736. The number of benzene rings is 1. The molecule has 6 heteroatoms. The molecule has 0 aromatic heterocycles. The van der Waals surface area contributed by atoms with E-state index in [4.69, 9.17) is 16.7 Å². The van der Waals surface area contributed by atoms with Crippen molar-refractivity contribution in [2.45, 2.75) is 0 Å². The molecular formula is C8H3BrClFO3. The minimum atomic E-state index is -1.67. The van der Waals surface area contributed by atoms with Crippen LogP contribution in [0.2, 0.25) is 5.02 Å². The fourth-order valence-corrected chi connectivity index (χ4v) is 1.51. The largest absolute Gasteiger partial charge is 0.475 e. The molecule has 1 aromatic carbocycles. The van der Waals surface area contributed by atoms with E-state index in [1.807, 2.05) is 0 Å². The van der Waals surface area contributed by atoms with Crippen LogP contribution < -0.4 is 0 Å². The van der Waals surface area contributed by atoms with Gasteiger partial charge in [0.1, 0.15) is 0 Å². The number of Topliss-reactive ketones (excluding diaryl/α,β-unsaturated/α-hetero) is 1. The molecule has 74 valence electrons. The number of halogens is 3. The van der Waals surface area contributed by atoms with Crippen LogP contribution in [0.3, 0.4) is 0 Å². The van der Waals surface area contributed by atoms with Gasteiger partial charge in [0.05, 0.1) is 15.1 Å². The maximum atomic E-state index is 13.1. The van der Waals surface area contributed by atoms with Crippen LogP contribution in [0.1, 0.15) is 10.4 Å². The Kier molecular flexibility index (Phi) is 3.23. The van der Waals surface area contributed by atoms with E-state index in [0.717, 1.165) is 6.07 Å². The van der Waals surface area contributed by atoms with Gasteiger partial charge in [0, 0.05) is 0 Å². The van der Waals surface area contributed by atoms with Crippen LogP contribution >= 0.6 is 27.5 Å². The molecule has 0 atom stereocenters. The lowest BCUT2D eigenvalue weighted by molar-refractivity contribution is -0.131. The number of carbonyl (C=O) groups is 2. The SMILES string of the molecule is O=C(O)C(=O)c1ccc(Br)c(F)c1Cl. The molecule has 14 heavy (non-hydrogen) atoms. The summed E-state index contributed by atoms with van der Waals surface area (Å²) in [5.41, 5.74) is -0.361. The van der Waals surface area contributed by atoms with Gasteiger partial charge in [-0.05, 0) is 28.1 Å². The number of aliphatic carboxylic acids is 1. The van der Waals surface area contributed by atoms with Gasteiger partial charge in [0.2, 0.25) is 0 Å². The van der Waals surface area contributed by atoms with Gasteiger partial charge in [-0.15, -0.1) is 0 Å². The van der Waals surface area contributed by atoms with E-state index in [1.54, 1.807) is 0 Å². The van der Waals surface area contributed by atoms with Crippen LogP contribution in [0.15, 0.2) is 16.6 Å². The van der Waals surface area contributed by atoms with E-state index >= 15 is 0 Å². The highest BCUT2D eigenvalue weighted by molar-refractivity contribution is 9.10. The molecule has 1 aromatic rings. The molecule has 1 N–H and O–H groups in total. The Bertz CT molecular complexity index is 419. The first-order valence-electron chi connectivity index (χ1n) is 3.36. The number of ketones is 1. The van der Waals surface area contributed by atoms with Crippen molar-refractivity contribution in [3.8, 4) is 0 Å². The zero-order valence-corrected chi connectivity index (χ0v) is 8.89. The molecular weight excluding hydrogens is 278 g/mol. The smallest absolute Gasteiger partial charge is 0.377 e. The molecule has 0 bridgehead atoms. The summed E-state index contributed by atoms with van der Waals surface area (Å²) in [5, 5.41) is 7.88. The van der Waals surface area contributed by atoms with E-state index in [9.17, 15) is 14.0 Å². The molecule has 0 fully saturated rings. The van der Waals surface area contributed by atoms with Crippen molar-refractivity contribution >= 4 is 39.3 Å². The van der Waals surface area contributed by atoms with Crippen molar-refractivity contribution in [1.82, 2.24) is 0 Å². The predicted molar refractivity (Wildman–Crippen MR) is 51.1 cm³/mol. The molecule has 0 saturated carbocycles. The Morgan fingerprint density at radius 3 is 2.50 bits per heavy atom. The standard InChI is InChI=1S/C8H3BrClFO3/c9-4-2-1-3(5(10)6(4)11)7(12)8(13)14/h1-2H,(H,13,14). The van der Waals surface area contributed by atoms with Crippen LogP contribution in [-0.4, -0.2) is 16.9 Å². The minimum Gasteiger partial charge on any atom is -0.475 e. The van der Waals surface area contributed by atoms with Crippen molar-refractivity contribution in [1.29, 1.82) is 0 Å². The summed E-state index contributed by atoms with van der Waals surface area (Å²) in [6.07, 6.45) is 0. The van der Waals surface area contributed by atoms with E-state index in [1.165, 1.54) is 6.07 Å². The summed E-state index contributed by atoms with van der Waals surface area (Å²) in [5.74, 6) is -3.76. The number of carboxylic acids is 1. The molecule has 0 heterocycles. The Balaban J connectivity index is 3.31. The Morgan fingerprint density at radius 2 is 2.00 bits per heavy atom. The molecule has 0 unspecified atom stereocenters. The Hall–Kier alpha value is -0.940. The third-order valence-corrected chi connectivity index (χ3v) is 2.46. The van der Waals surface area contributed by atoms with E-state index in [-0.39, 0.29) is 10.0 Å². The van der Waals surface area contributed by atoms with E-state index < -0.39 is 22.6 Å². The topological polar surface area (TPSA) is 54.4 Å². The quantitative estimate of drug-likeness (QED) is 0.515. The highest BCUT2D eigenvalue weighted by Crippen LogP contribution is 2.26. The van der Waals surface area contributed by atoms with Crippen LogP contribution in [0.25, 0.3) is 0 Å². The fourth-order valence-electron chi connectivity index (χ4n) is 0.816. The highest BCUT2D eigenvalue weighted by Gasteiger charge is 2.21. The molecule has 0 saturated heterocycles. The van der Waals surface area contributed by atoms with Crippen LogP contribution in [0.5, 0.6) is 0 Å². The zero-order chi connectivity index (χ0) is 10.9. The summed E-state index contributed by atoms with van der Waals surface area (Å²) < 4.78 is 13.2. The lowest BCUT2D eigenvalue weighted by atomic mass is 10.1. The second-order valence-corrected chi connectivity index (χ2v) is 3.59. The summed E-state index contributed by atoms with van der Waals surface area (Å²) >= 11 is 8.30. The Labute approximate surface area is 91.6 Å². The molecule has 0 spiro atoms.